The molecule has 0 radical (unpaired) electrons. The lowest BCUT2D eigenvalue weighted by atomic mass is 10.2. The van der Waals surface area contributed by atoms with Crippen molar-refractivity contribution in [3.8, 4) is 0 Å². The molecular weight excluding hydrogens is 145 g/mol. The quantitative estimate of drug-likeness (QED) is 0.326. The summed E-state index contributed by atoms with van der Waals surface area (Å²) in [6.45, 7) is 0. The van der Waals surface area contributed by atoms with Gasteiger partial charge in [-0.05, 0) is 6.07 Å². The van der Waals surface area contributed by atoms with E-state index < -0.39 is 6.17 Å². The van der Waals surface area contributed by atoms with Crippen molar-refractivity contribution in [2.45, 2.75) is 6.17 Å². The van der Waals surface area contributed by atoms with Gasteiger partial charge in [-0.2, -0.15) is 0 Å². The van der Waals surface area contributed by atoms with E-state index in [1.807, 2.05) is 0 Å². The van der Waals surface area contributed by atoms with Gasteiger partial charge in [-0.15, -0.1) is 0 Å². The summed E-state index contributed by atoms with van der Waals surface area (Å²) >= 11 is 0. The van der Waals surface area contributed by atoms with Gasteiger partial charge in [0.1, 0.15) is 5.82 Å². The van der Waals surface area contributed by atoms with E-state index in [0.717, 1.165) is 0 Å². The molecule has 0 bridgehead atoms. The molecule has 4 heteroatoms. The summed E-state index contributed by atoms with van der Waals surface area (Å²) in [5.74, 6) is 4.68. The van der Waals surface area contributed by atoms with Crippen LogP contribution in [0.4, 0.5) is 4.39 Å². The van der Waals surface area contributed by atoms with Gasteiger partial charge in [0.05, 0.1) is 6.17 Å². The molecule has 1 rings (SSSR count). The van der Waals surface area contributed by atoms with E-state index in [4.69, 9.17) is 11.6 Å². The number of nitrogens with one attached hydrogen (secondary N) is 1. The fourth-order valence-corrected chi connectivity index (χ4v) is 0.817. The van der Waals surface area contributed by atoms with Crippen LogP contribution in [0.25, 0.3) is 0 Å². The maximum atomic E-state index is 12.9. The number of rotatable bonds is 2. The standard InChI is InChI=1S/C7H10FN3/c8-6-4-2-1-3-5(6)7(9)11-10/h1-4,7,11H,9-10H2. The Morgan fingerprint density at radius 1 is 1.36 bits per heavy atom. The van der Waals surface area contributed by atoms with Crippen LogP contribution in [0, 0.1) is 5.82 Å². The topological polar surface area (TPSA) is 64.1 Å². The number of benzene rings is 1. The van der Waals surface area contributed by atoms with Gasteiger partial charge in [-0.3, -0.25) is 5.84 Å². The summed E-state index contributed by atoms with van der Waals surface area (Å²) < 4.78 is 12.9. The lowest BCUT2D eigenvalue weighted by molar-refractivity contribution is 0.526. The molecular formula is C7H10FN3. The first-order valence-corrected chi connectivity index (χ1v) is 3.22. The molecule has 0 fully saturated rings. The van der Waals surface area contributed by atoms with Crippen molar-refractivity contribution in [2.24, 2.45) is 11.6 Å². The predicted molar refractivity (Wildman–Crippen MR) is 40.7 cm³/mol. The Labute approximate surface area is 64.2 Å². The van der Waals surface area contributed by atoms with Gasteiger partial charge in [-0.1, -0.05) is 18.2 Å². The smallest absolute Gasteiger partial charge is 0.129 e. The minimum Gasteiger partial charge on any atom is -0.311 e. The highest BCUT2D eigenvalue weighted by molar-refractivity contribution is 5.19. The Morgan fingerprint density at radius 3 is 2.55 bits per heavy atom. The lowest BCUT2D eigenvalue weighted by Crippen LogP contribution is -2.34. The van der Waals surface area contributed by atoms with Gasteiger partial charge in [-0.25, -0.2) is 9.82 Å². The first-order chi connectivity index (χ1) is 5.25. The van der Waals surface area contributed by atoms with Gasteiger partial charge < -0.3 is 5.73 Å². The third-order valence-electron chi connectivity index (χ3n) is 1.42. The van der Waals surface area contributed by atoms with Crippen LogP contribution in [0.1, 0.15) is 11.7 Å². The Morgan fingerprint density at radius 2 is 2.00 bits per heavy atom. The summed E-state index contributed by atoms with van der Waals surface area (Å²) in [6.07, 6.45) is -0.642. The maximum Gasteiger partial charge on any atom is 0.129 e. The fraction of sp³-hybridized carbons (Fsp3) is 0.143. The number of hydrogen-bond acceptors (Lipinski definition) is 3. The fourth-order valence-electron chi connectivity index (χ4n) is 0.817. The van der Waals surface area contributed by atoms with Crippen LogP contribution in [-0.2, 0) is 0 Å². The van der Waals surface area contributed by atoms with Crippen LogP contribution in [-0.4, -0.2) is 0 Å². The van der Waals surface area contributed by atoms with Crippen LogP contribution >= 0.6 is 0 Å². The minimum atomic E-state index is -0.642. The average molecular weight is 155 g/mol. The number of hydrogen-bond donors (Lipinski definition) is 3. The van der Waals surface area contributed by atoms with Gasteiger partial charge in [0.2, 0.25) is 0 Å². The van der Waals surface area contributed by atoms with Gasteiger partial charge in [0.25, 0.3) is 0 Å². The third kappa shape index (κ3) is 1.74. The Kier molecular flexibility index (Phi) is 2.53. The van der Waals surface area contributed by atoms with E-state index in [1.165, 1.54) is 6.07 Å². The number of hydrazine groups is 1. The molecule has 0 heterocycles. The molecule has 1 unspecified atom stereocenters. The van der Waals surface area contributed by atoms with Crippen molar-refractivity contribution in [3.05, 3.63) is 35.6 Å². The predicted octanol–water partition coefficient (Wildman–Crippen LogP) is 0.246. The van der Waals surface area contributed by atoms with Crippen LogP contribution < -0.4 is 17.0 Å². The molecule has 1 atom stereocenters. The van der Waals surface area contributed by atoms with E-state index in [0.29, 0.717) is 5.56 Å². The molecule has 0 saturated heterocycles. The molecule has 11 heavy (non-hydrogen) atoms. The molecule has 0 saturated carbocycles. The van der Waals surface area contributed by atoms with E-state index in [9.17, 15) is 4.39 Å². The first-order valence-electron chi connectivity index (χ1n) is 3.22. The summed E-state index contributed by atoms with van der Waals surface area (Å²) in [5.41, 5.74) is 8.05. The van der Waals surface area contributed by atoms with Crippen molar-refractivity contribution in [3.63, 3.8) is 0 Å². The first kappa shape index (κ1) is 8.13. The lowest BCUT2D eigenvalue weighted by Gasteiger charge is -2.10. The zero-order valence-corrected chi connectivity index (χ0v) is 5.92. The van der Waals surface area contributed by atoms with Gasteiger partial charge in [0, 0.05) is 5.56 Å². The van der Waals surface area contributed by atoms with Crippen LogP contribution in [0.5, 0.6) is 0 Å². The van der Waals surface area contributed by atoms with E-state index in [1.54, 1.807) is 18.2 Å². The third-order valence-corrected chi connectivity index (χ3v) is 1.42. The molecule has 1 aromatic carbocycles. The van der Waals surface area contributed by atoms with Crippen molar-refractivity contribution in [1.29, 1.82) is 0 Å². The summed E-state index contributed by atoms with van der Waals surface area (Å²) in [6, 6.07) is 6.23. The summed E-state index contributed by atoms with van der Waals surface area (Å²) in [7, 11) is 0. The second-order valence-electron chi connectivity index (χ2n) is 2.17. The normalized spacial score (nSPS) is 13.0. The average Bonchev–Trinajstić information content (AvgIpc) is 2.04. The number of halogens is 1. The van der Waals surface area contributed by atoms with Crippen molar-refractivity contribution < 1.29 is 4.39 Å². The highest BCUT2D eigenvalue weighted by atomic mass is 19.1. The zero-order chi connectivity index (χ0) is 8.27. The Hall–Kier alpha value is -0.970. The van der Waals surface area contributed by atoms with Gasteiger partial charge >= 0.3 is 0 Å². The SMILES string of the molecule is NNC(N)c1ccccc1F. The highest BCUT2D eigenvalue weighted by Gasteiger charge is 2.06. The van der Waals surface area contributed by atoms with Crippen LogP contribution in [0.2, 0.25) is 0 Å². The minimum absolute atomic E-state index is 0.349. The Balaban J connectivity index is 2.93. The molecule has 1 aromatic rings. The van der Waals surface area contributed by atoms with E-state index in [-0.39, 0.29) is 5.82 Å². The second-order valence-corrected chi connectivity index (χ2v) is 2.17. The van der Waals surface area contributed by atoms with Gasteiger partial charge in [0.15, 0.2) is 0 Å². The van der Waals surface area contributed by atoms with Crippen LogP contribution in [0.15, 0.2) is 24.3 Å². The molecule has 0 aliphatic heterocycles. The Bertz CT molecular complexity index is 239. The summed E-state index contributed by atoms with van der Waals surface area (Å²) in [4.78, 5) is 0. The highest BCUT2D eigenvalue weighted by Crippen LogP contribution is 2.10. The molecule has 0 aromatic heterocycles. The second kappa shape index (κ2) is 3.43. The molecule has 0 aliphatic carbocycles. The van der Waals surface area contributed by atoms with Crippen LogP contribution in [0.3, 0.4) is 0 Å². The van der Waals surface area contributed by atoms with E-state index >= 15 is 0 Å². The maximum absolute atomic E-state index is 12.9. The van der Waals surface area contributed by atoms with E-state index in [2.05, 4.69) is 5.43 Å². The molecule has 0 spiro atoms. The van der Waals surface area contributed by atoms with Crippen molar-refractivity contribution in [2.75, 3.05) is 0 Å². The zero-order valence-electron chi connectivity index (χ0n) is 5.92. The number of nitrogens with two attached hydrogens (primary N) is 2. The largest absolute Gasteiger partial charge is 0.311 e. The monoisotopic (exact) mass is 155 g/mol. The molecule has 3 nitrogen and oxygen atoms in total. The molecule has 60 valence electrons. The van der Waals surface area contributed by atoms with Crippen molar-refractivity contribution >= 4 is 0 Å². The van der Waals surface area contributed by atoms with Crippen molar-refractivity contribution in [1.82, 2.24) is 5.43 Å². The molecule has 5 N–H and O–H groups in total. The summed E-state index contributed by atoms with van der Waals surface area (Å²) in [5, 5.41) is 0. The molecule has 0 amide bonds. The molecule has 0 aliphatic rings.